The molecule has 0 aromatic carbocycles. The van der Waals surface area contributed by atoms with Gasteiger partial charge in [-0.25, -0.2) is 4.98 Å². The second-order valence-electron chi connectivity index (χ2n) is 3.18. The monoisotopic (exact) mass is 191 g/mol. The number of aromatic nitrogens is 2. The standard InChI is InChI=1S/C10H13N3O/c1-13-6-7(5-11)9-8(14-2)3-4-12-10(9)13/h3-4,6H,5,11H2,1-2H3. The van der Waals surface area contributed by atoms with Gasteiger partial charge in [0.25, 0.3) is 0 Å². The average molecular weight is 191 g/mol. The number of nitrogens with zero attached hydrogens (tertiary/aromatic N) is 2. The fourth-order valence-corrected chi connectivity index (χ4v) is 1.69. The van der Waals surface area contributed by atoms with E-state index in [4.69, 9.17) is 10.5 Å². The Labute approximate surface area is 82.3 Å². The zero-order valence-electron chi connectivity index (χ0n) is 8.32. The van der Waals surface area contributed by atoms with Crippen LogP contribution in [0.1, 0.15) is 5.56 Å². The quantitative estimate of drug-likeness (QED) is 0.771. The molecule has 0 spiro atoms. The van der Waals surface area contributed by atoms with E-state index >= 15 is 0 Å². The molecule has 2 aromatic heterocycles. The molecule has 4 heteroatoms. The zero-order chi connectivity index (χ0) is 10.1. The summed E-state index contributed by atoms with van der Waals surface area (Å²) >= 11 is 0. The van der Waals surface area contributed by atoms with E-state index in [1.165, 1.54) is 0 Å². The van der Waals surface area contributed by atoms with Gasteiger partial charge in [0.15, 0.2) is 0 Å². The first-order chi connectivity index (χ1) is 6.77. The topological polar surface area (TPSA) is 53.1 Å². The van der Waals surface area contributed by atoms with Gasteiger partial charge in [0.2, 0.25) is 0 Å². The molecule has 0 atom stereocenters. The molecule has 2 heterocycles. The van der Waals surface area contributed by atoms with Crippen molar-refractivity contribution in [3.63, 3.8) is 0 Å². The molecule has 2 aromatic rings. The number of aryl methyl sites for hydroxylation is 1. The molecule has 2 N–H and O–H groups in total. The smallest absolute Gasteiger partial charge is 0.143 e. The molecule has 0 unspecified atom stereocenters. The maximum Gasteiger partial charge on any atom is 0.143 e. The highest BCUT2D eigenvalue weighted by atomic mass is 16.5. The molecule has 0 fully saturated rings. The van der Waals surface area contributed by atoms with Crippen molar-refractivity contribution >= 4 is 11.0 Å². The Morgan fingerprint density at radius 3 is 3.00 bits per heavy atom. The third-order valence-corrected chi connectivity index (χ3v) is 2.34. The van der Waals surface area contributed by atoms with Gasteiger partial charge in [-0.15, -0.1) is 0 Å². The van der Waals surface area contributed by atoms with Crippen LogP contribution in [0.4, 0.5) is 0 Å². The largest absolute Gasteiger partial charge is 0.496 e. The fraction of sp³-hybridized carbons (Fsp3) is 0.300. The number of ether oxygens (including phenoxy) is 1. The van der Waals surface area contributed by atoms with E-state index in [1.807, 2.05) is 23.9 Å². The maximum absolute atomic E-state index is 5.66. The first-order valence-electron chi connectivity index (χ1n) is 4.45. The molecule has 0 radical (unpaired) electrons. The van der Waals surface area contributed by atoms with Crippen LogP contribution in [-0.2, 0) is 13.6 Å². The van der Waals surface area contributed by atoms with Gasteiger partial charge in [0.1, 0.15) is 11.4 Å². The number of methoxy groups -OCH3 is 1. The molecular weight excluding hydrogens is 178 g/mol. The van der Waals surface area contributed by atoms with Gasteiger partial charge in [0, 0.05) is 26.0 Å². The number of hydrogen-bond donors (Lipinski definition) is 1. The first kappa shape index (κ1) is 9.02. The zero-order valence-corrected chi connectivity index (χ0v) is 8.32. The summed E-state index contributed by atoms with van der Waals surface area (Å²) in [7, 11) is 3.61. The number of rotatable bonds is 2. The molecule has 2 rings (SSSR count). The van der Waals surface area contributed by atoms with Crippen molar-refractivity contribution < 1.29 is 4.74 Å². The van der Waals surface area contributed by atoms with E-state index in [0.29, 0.717) is 6.54 Å². The van der Waals surface area contributed by atoms with Crippen molar-refractivity contribution in [2.24, 2.45) is 12.8 Å². The highest BCUT2D eigenvalue weighted by Crippen LogP contribution is 2.27. The van der Waals surface area contributed by atoms with Crippen molar-refractivity contribution in [3.8, 4) is 5.75 Å². The second-order valence-corrected chi connectivity index (χ2v) is 3.18. The number of hydrogen-bond acceptors (Lipinski definition) is 3. The van der Waals surface area contributed by atoms with Gasteiger partial charge >= 0.3 is 0 Å². The van der Waals surface area contributed by atoms with Crippen LogP contribution in [0.2, 0.25) is 0 Å². The summed E-state index contributed by atoms with van der Waals surface area (Å²) in [6.07, 6.45) is 3.72. The van der Waals surface area contributed by atoms with Gasteiger partial charge in [0.05, 0.1) is 12.5 Å². The van der Waals surface area contributed by atoms with E-state index in [-0.39, 0.29) is 0 Å². The first-order valence-corrected chi connectivity index (χ1v) is 4.45. The Morgan fingerprint density at radius 2 is 2.36 bits per heavy atom. The summed E-state index contributed by atoms with van der Waals surface area (Å²) in [6.45, 7) is 0.499. The van der Waals surface area contributed by atoms with Crippen LogP contribution in [0.15, 0.2) is 18.5 Å². The summed E-state index contributed by atoms with van der Waals surface area (Å²) < 4.78 is 7.23. The molecule has 0 saturated carbocycles. The van der Waals surface area contributed by atoms with E-state index in [0.717, 1.165) is 22.3 Å². The predicted molar refractivity (Wildman–Crippen MR) is 55.2 cm³/mol. The van der Waals surface area contributed by atoms with Crippen molar-refractivity contribution in [1.82, 2.24) is 9.55 Å². The Morgan fingerprint density at radius 1 is 1.57 bits per heavy atom. The Hall–Kier alpha value is -1.55. The molecule has 0 aliphatic heterocycles. The maximum atomic E-state index is 5.66. The SMILES string of the molecule is COc1ccnc2c1c(CN)cn2C. The number of pyridine rings is 1. The van der Waals surface area contributed by atoms with Crippen LogP contribution < -0.4 is 10.5 Å². The minimum Gasteiger partial charge on any atom is -0.496 e. The van der Waals surface area contributed by atoms with E-state index < -0.39 is 0 Å². The van der Waals surface area contributed by atoms with E-state index in [2.05, 4.69) is 4.98 Å². The van der Waals surface area contributed by atoms with E-state index in [1.54, 1.807) is 13.3 Å². The van der Waals surface area contributed by atoms with Crippen molar-refractivity contribution in [1.29, 1.82) is 0 Å². The molecule has 4 nitrogen and oxygen atoms in total. The fourth-order valence-electron chi connectivity index (χ4n) is 1.69. The highest BCUT2D eigenvalue weighted by molar-refractivity contribution is 5.86. The molecule has 0 bridgehead atoms. The molecule has 0 aliphatic carbocycles. The summed E-state index contributed by atoms with van der Waals surface area (Å²) in [5.41, 5.74) is 7.63. The summed E-state index contributed by atoms with van der Waals surface area (Å²) in [4.78, 5) is 4.29. The van der Waals surface area contributed by atoms with Gasteiger partial charge in [-0.2, -0.15) is 0 Å². The van der Waals surface area contributed by atoms with Crippen molar-refractivity contribution in [3.05, 3.63) is 24.0 Å². The molecule has 0 saturated heterocycles. The van der Waals surface area contributed by atoms with Crippen LogP contribution in [0, 0.1) is 0 Å². The molecule has 14 heavy (non-hydrogen) atoms. The highest BCUT2D eigenvalue weighted by Gasteiger charge is 2.10. The van der Waals surface area contributed by atoms with Crippen LogP contribution in [0.5, 0.6) is 5.75 Å². The second kappa shape index (κ2) is 3.31. The third kappa shape index (κ3) is 1.15. The Balaban J connectivity index is 2.82. The lowest BCUT2D eigenvalue weighted by atomic mass is 10.2. The van der Waals surface area contributed by atoms with Crippen LogP contribution >= 0.6 is 0 Å². The minimum absolute atomic E-state index is 0.499. The number of fused-ring (bicyclic) bond motifs is 1. The number of nitrogens with two attached hydrogens (primary N) is 1. The molecule has 0 aliphatic rings. The lowest BCUT2D eigenvalue weighted by molar-refractivity contribution is 0.419. The van der Waals surface area contributed by atoms with E-state index in [9.17, 15) is 0 Å². The Kier molecular flexibility index (Phi) is 2.13. The van der Waals surface area contributed by atoms with Crippen LogP contribution in [0.25, 0.3) is 11.0 Å². The van der Waals surface area contributed by atoms with Gasteiger partial charge in [-0.05, 0) is 11.6 Å². The van der Waals surface area contributed by atoms with Crippen LogP contribution in [-0.4, -0.2) is 16.7 Å². The summed E-state index contributed by atoms with van der Waals surface area (Å²) in [5.74, 6) is 0.830. The lowest BCUT2D eigenvalue weighted by Crippen LogP contribution is -1.95. The van der Waals surface area contributed by atoms with Crippen molar-refractivity contribution in [2.75, 3.05) is 7.11 Å². The summed E-state index contributed by atoms with van der Waals surface area (Å²) in [6, 6.07) is 1.85. The predicted octanol–water partition coefficient (Wildman–Crippen LogP) is 1.04. The van der Waals surface area contributed by atoms with Crippen LogP contribution in [0.3, 0.4) is 0 Å². The Bertz CT molecular complexity index is 462. The lowest BCUT2D eigenvalue weighted by Gasteiger charge is -2.02. The average Bonchev–Trinajstić information content (AvgIpc) is 2.56. The minimum atomic E-state index is 0.499. The van der Waals surface area contributed by atoms with Gasteiger partial charge < -0.3 is 15.0 Å². The van der Waals surface area contributed by atoms with Crippen molar-refractivity contribution in [2.45, 2.75) is 6.54 Å². The molecule has 0 amide bonds. The molecular formula is C10H13N3O. The van der Waals surface area contributed by atoms with Gasteiger partial charge in [-0.3, -0.25) is 0 Å². The summed E-state index contributed by atoms with van der Waals surface area (Å²) in [5, 5.41) is 1.01. The third-order valence-electron chi connectivity index (χ3n) is 2.34. The van der Waals surface area contributed by atoms with Gasteiger partial charge in [-0.1, -0.05) is 0 Å². The molecule has 74 valence electrons. The normalized spacial score (nSPS) is 10.8.